The molecule has 0 aliphatic heterocycles. The molecule has 0 saturated heterocycles. The van der Waals surface area contributed by atoms with Crippen molar-refractivity contribution in [1.82, 2.24) is 0 Å². The van der Waals surface area contributed by atoms with Crippen LogP contribution in [0.2, 0.25) is 0 Å². The summed E-state index contributed by atoms with van der Waals surface area (Å²) in [6.07, 6.45) is -4.32. The van der Waals surface area contributed by atoms with Crippen LogP contribution in [0.3, 0.4) is 0 Å². The molecule has 8 heteroatoms. The van der Waals surface area contributed by atoms with Crippen molar-refractivity contribution in [2.75, 3.05) is 11.9 Å². The highest BCUT2D eigenvalue weighted by Crippen LogP contribution is 2.17. The maximum atomic E-state index is 12.0. The summed E-state index contributed by atoms with van der Waals surface area (Å²) in [4.78, 5) is 10.1. The van der Waals surface area contributed by atoms with Gasteiger partial charge in [-0.1, -0.05) is 24.3 Å². The van der Waals surface area contributed by atoms with Gasteiger partial charge in [0.15, 0.2) is 0 Å². The van der Waals surface area contributed by atoms with E-state index in [-0.39, 0.29) is 12.3 Å². The van der Waals surface area contributed by atoms with Gasteiger partial charge in [-0.3, -0.25) is 10.1 Å². The molecule has 0 amide bonds. The highest BCUT2D eigenvalue weighted by atomic mass is 19.4. The number of nitrogens with zero attached hydrogens (tertiary/aromatic N) is 1. The third-order valence-electron chi connectivity index (χ3n) is 3.13. The van der Waals surface area contributed by atoms with Crippen molar-refractivity contribution in [1.29, 1.82) is 0 Å². The smallest absolute Gasteiger partial charge is 0.381 e. The van der Waals surface area contributed by atoms with Crippen LogP contribution in [-0.2, 0) is 17.9 Å². The van der Waals surface area contributed by atoms with E-state index in [1.165, 1.54) is 12.1 Å². The fraction of sp³-hybridized carbons (Fsp3) is 0.250. The summed E-state index contributed by atoms with van der Waals surface area (Å²) in [5, 5.41) is 13.7. The van der Waals surface area contributed by atoms with Crippen LogP contribution in [0.5, 0.6) is 0 Å². The number of nitro benzene ring substituents is 1. The normalized spacial score (nSPS) is 11.3. The van der Waals surface area contributed by atoms with Crippen molar-refractivity contribution in [3.05, 3.63) is 69.8 Å². The van der Waals surface area contributed by atoms with Crippen LogP contribution in [0.15, 0.2) is 48.5 Å². The number of benzene rings is 2. The molecule has 0 fully saturated rings. The average Bonchev–Trinajstić information content (AvgIpc) is 2.53. The number of non-ortho nitro benzene ring substituents is 1. The van der Waals surface area contributed by atoms with Crippen LogP contribution in [0, 0.1) is 10.1 Å². The molecule has 5 nitrogen and oxygen atoms in total. The molecular formula is C16H15F3N2O3. The molecule has 0 radical (unpaired) electrons. The summed E-state index contributed by atoms with van der Waals surface area (Å²) in [5.41, 5.74) is 2.33. The molecular weight excluding hydrogens is 325 g/mol. The Balaban J connectivity index is 1.82. The molecule has 2 rings (SSSR count). The Labute approximate surface area is 136 Å². The number of anilines is 1. The van der Waals surface area contributed by atoms with E-state index in [2.05, 4.69) is 10.1 Å². The molecule has 0 spiro atoms. The molecule has 0 heterocycles. The minimum absolute atomic E-state index is 0.0174. The van der Waals surface area contributed by atoms with Crippen LogP contribution in [0.25, 0.3) is 0 Å². The largest absolute Gasteiger partial charge is 0.411 e. The van der Waals surface area contributed by atoms with Crippen LogP contribution >= 0.6 is 0 Å². The zero-order valence-corrected chi connectivity index (χ0v) is 12.5. The van der Waals surface area contributed by atoms with Gasteiger partial charge in [-0.05, 0) is 23.3 Å². The number of hydrogen-bond acceptors (Lipinski definition) is 4. The van der Waals surface area contributed by atoms with Gasteiger partial charge in [0.05, 0.1) is 11.5 Å². The summed E-state index contributed by atoms with van der Waals surface area (Å²) in [6, 6.07) is 13.0. The first-order valence-corrected chi connectivity index (χ1v) is 7.04. The molecule has 0 bridgehead atoms. The standard InChI is InChI=1S/C16H15F3N2O3/c17-16(18,19)11-24-10-13-3-1-12(2-4-13)9-20-14-5-7-15(8-6-14)21(22)23/h1-8,20H,9-11H2. The number of alkyl halides is 3. The minimum atomic E-state index is -4.32. The number of nitro groups is 1. The third-order valence-corrected chi connectivity index (χ3v) is 3.13. The van der Waals surface area contributed by atoms with Crippen molar-refractivity contribution < 1.29 is 22.8 Å². The molecule has 2 aromatic rings. The molecule has 0 aromatic heterocycles. The van der Waals surface area contributed by atoms with Crippen molar-refractivity contribution in [3.8, 4) is 0 Å². The van der Waals surface area contributed by atoms with Gasteiger partial charge in [-0.2, -0.15) is 13.2 Å². The Hall–Kier alpha value is -2.61. The molecule has 1 N–H and O–H groups in total. The van der Waals surface area contributed by atoms with Crippen LogP contribution < -0.4 is 5.32 Å². The summed E-state index contributed by atoms with van der Waals surface area (Å²) in [7, 11) is 0. The Morgan fingerprint density at radius 1 is 1.00 bits per heavy atom. The Kier molecular flexibility index (Phi) is 5.75. The maximum absolute atomic E-state index is 12.0. The Bertz CT molecular complexity index is 670. The number of halogens is 3. The average molecular weight is 340 g/mol. The quantitative estimate of drug-likeness (QED) is 0.603. The minimum Gasteiger partial charge on any atom is -0.381 e. The van der Waals surface area contributed by atoms with Gasteiger partial charge in [0.25, 0.3) is 5.69 Å². The van der Waals surface area contributed by atoms with E-state index >= 15 is 0 Å². The summed E-state index contributed by atoms with van der Waals surface area (Å²) in [6.45, 7) is -0.881. The lowest BCUT2D eigenvalue weighted by Gasteiger charge is -2.09. The van der Waals surface area contributed by atoms with Gasteiger partial charge in [0, 0.05) is 24.4 Å². The molecule has 0 atom stereocenters. The van der Waals surface area contributed by atoms with Gasteiger partial charge in [0.2, 0.25) is 0 Å². The van der Waals surface area contributed by atoms with Crippen LogP contribution in [0.1, 0.15) is 11.1 Å². The summed E-state index contributed by atoms with van der Waals surface area (Å²) < 4.78 is 40.5. The van der Waals surface area contributed by atoms with E-state index in [0.717, 1.165) is 11.3 Å². The predicted octanol–water partition coefficient (Wildman–Crippen LogP) is 4.29. The van der Waals surface area contributed by atoms with Crippen LogP contribution in [0.4, 0.5) is 24.5 Å². The van der Waals surface area contributed by atoms with Gasteiger partial charge in [0.1, 0.15) is 6.61 Å². The van der Waals surface area contributed by atoms with E-state index in [0.29, 0.717) is 12.1 Å². The molecule has 0 unspecified atom stereocenters. The second-order valence-corrected chi connectivity index (χ2v) is 5.08. The highest BCUT2D eigenvalue weighted by Gasteiger charge is 2.27. The monoisotopic (exact) mass is 340 g/mol. The fourth-order valence-electron chi connectivity index (χ4n) is 1.94. The fourth-order valence-corrected chi connectivity index (χ4v) is 1.94. The molecule has 0 saturated carbocycles. The lowest BCUT2D eigenvalue weighted by Crippen LogP contribution is -2.16. The van der Waals surface area contributed by atoms with Crippen molar-refractivity contribution >= 4 is 11.4 Å². The lowest BCUT2D eigenvalue weighted by molar-refractivity contribution is -0.384. The Morgan fingerprint density at radius 2 is 1.58 bits per heavy atom. The molecule has 24 heavy (non-hydrogen) atoms. The second-order valence-electron chi connectivity index (χ2n) is 5.08. The van der Waals surface area contributed by atoms with E-state index in [4.69, 9.17) is 0 Å². The molecule has 128 valence electrons. The first kappa shape index (κ1) is 17.7. The number of ether oxygens (including phenoxy) is 1. The van der Waals surface area contributed by atoms with Gasteiger partial charge >= 0.3 is 6.18 Å². The number of nitrogens with one attached hydrogen (secondary N) is 1. The number of hydrogen-bond donors (Lipinski definition) is 1. The lowest BCUT2D eigenvalue weighted by atomic mass is 10.1. The maximum Gasteiger partial charge on any atom is 0.411 e. The van der Waals surface area contributed by atoms with E-state index in [1.54, 1.807) is 36.4 Å². The summed E-state index contributed by atoms with van der Waals surface area (Å²) >= 11 is 0. The molecule has 0 aliphatic rings. The first-order chi connectivity index (χ1) is 11.3. The van der Waals surface area contributed by atoms with Crippen LogP contribution in [-0.4, -0.2) is 17.7 Å². The summed E-state index contributed by atoms with van der Waals surface area (Å²) in [5.74, 6) is 0. The zero-order chi connectivity index (χ0) is 17.6. The third kappa shape index (κ3) is 5.88. The van der Waals surface area contributed by atoms with E-state index in [9.17, 15) is 23.3 Å². The predicted molar refractivity (Wildman–Crippen MR) is 82.6 cm³/mol. The topological polar surface area (TPSA) is 64.4 Å². The Morgan fingerprint density at radius 3 is 2.12 bits per heavy atom. The van der Waals surface area contributed by atoms with Gasteiger partial charge in [-0.15, -0.1) is 0 Å². The van der Waals surface area contributed by atoms with E-state index in [1.807, 2.05) is 0 Å². The second kappa shape index (κ2) is 7.78. The molecule has 0 aliphatic carbocycles. The van der Waals surface area contributed by atoms with Crippen molar-refractivity contribution in [3.63, 3.8) is 0 Å². The molecule has 2 aromatic carbocycles. The zero-order valence-electron chi connectivity index (χ0n) is 12.5. The number of rotatable bonds is 7. The van der Waals surface area contributed by atoms with E-state index < -0.39 is 17.7 Å². The highest BCUT2D eigenvalue weighted by molar-refractivity contribution is 5.48. The van der Waals surface area contributed by atoms with Crippen molar-refractivity contribution in [2.45, 2.75) is 19.3 Å². The first-order valence-electron chi connectivity index (χ1n) is 7.04. The van der Waals surface area contributed by atoms with Gasteiger partial charge in [-0.25, -0.2) is 0 Å². The SMILES string of the molecule is O=[N+]([O-])c1ccc(NCc2ccc(COCC(F)(F)F)cc2)cc1. The van der Waals surface area contributed by atoms with Gasteiger partial charge < -0.3 is 10.1 Å². The van der Waals surface area contributed by atoms with Crippen molar-refractivity contribution in [2.24, 2.45) is 0 Å².